The summed E-state index contributed by atoms with van der Waals surface area (Å²) in [5.74, 6) is -2.83. The second-order valence-corrected chi connectivity index (χ2v) is 16.1. The number of ketones is 1. The van der Waals surface area contributed by atoms with E-state index in [1.807, 2.05) is 102 Å². The molecule has 6 rings (SSSR count). The Morgan fingerprint density at radius 3 is 2.20 bits per heavy atom. The molecule has 2 aromatic rings. The van der Waals surface area contributed by atoms with Crippen LogP contribution in [0.5, 0.6) is 0 Å². The van der Waals surface area contributed by atoms with E-state index in [4.69, 9.17) is 14.2 Å². The van der Waals surface area contributed by atoms with Gasteiger partial charge < -0.3 is 29.7 Å². The van der Waals surface area contributed by atoms with Gasteiger partial charge in [-0.2, -0.15) is 0 Å². The smallest absolute Gasteiger partial charge is 0.338 e. The number of nitrogens with one attached hydrogen (secondary N) is 1. The van der Waals surface area contributed by atoms with Crippen LogP contribution in [0, 0.1) is 34.0 Å². The summed E-state index contributed by atoms with van der Waals surface area (Å²) in [5.41, 5.74) is -1.02. The van der Waals surface area contributed by atoms with Gasteiger partial charge in [-0.3, -0.25) is 9.59 Å². The van der Waals surface area contributed by atoms with E-state index in [1.54, 1.807) is 6.92 Å². The van der Waals surface area contributed by atoms with E-state index >= 15 is 4.79 Å². The maximum absolute atomic E-state index is 15.1. The molecule has 1 aliphatic heterocycles. The molecule has 9 nitrogen and oxygen atoms in total. The van der Waals surface area contributed by atoms with E-state index < -0.39 is 69.9 Å². The molecular weight excluding hydrogens is 634 g/mol. The first-order chi connectivity index (χ1) is 23.5. The van der Waals surface area contributed by atoms with Crippen molar-refractivity contribution in [3.8, 4) is 0 Å². The minimum Gasteiger partial charge on any atom is -0.461 e. The number of carbonyl (C=O) groups is 3. The number of para-hydroxylation sites is 1. The molecule has 2 bridgehead atoms. The summed E-state index contributed by atoms with van der Waals surface area (Å²) in [6.45, 7) is 15.9. The lowest BCUT2D eigenvalue weighted by atomic mass is 9.40. The fraction of sp³-hybridized carbons (Fsp3) is 0.585. The predicted octanol–water partition coefficient (Wildman–Crippen LogP) is 6.20. The number of Topliss-reactive ketones (excluding diaryl/α,β-unsaturated/α-hetero) is 1. The second-order valence-electron chi connectivity index (χ2n) is 16.1. The van der Waals surface area contributed by atoms with Gasteiger partial charge in [0.2, 0.25) is 0 Å². The fourth-order valence-corrected chi connectivity index (χ4v) is 10.5. The fourth-order valence-electron chi connectivity index (χ4n) is 10.5. The van der Waals surface area contributed by atoms with Crippen molar-refractivity contribution >= 4 is 23.4 Å². The first kappa shape index (κ1) is 36.3. The van der Waals surface area contributed by atoms with Gasteiger partial charge in [-0.15, -0.1) is 0 Å². The lowest BCUT2D eigenvalue weighted by molar-refractivity contribution is -0.303. The van der Waals surface area contributed by atoms with E-state index in [0.717, 1.165) is 11.3 Å². The van der Waals surface area contributed by atoms with Crippen molar-refractivity contribution in [2.24, 2.45) is 34.0 Å². The molecule has 4 aliphatic rings. The number of rotatable bonds is 8. The van der Waals surface area contributed by atoms with Crippen LogP contribution in [-0.4, -0.2) is 64.6 Å². The molecule has 3 N–H and O–H groups in total. The van der Waals surface area contributed by atoms with Crippen molar-refractivity contribution in [2.75, 3.05) is 11.9 Å². The van der Waals surface area contributed by atoms with Crippen LogP contribution in [0.4, 0.5) is 5.69 Å². The van der Waals surface area contributed by atoms with Crippen LogP contribution in [0.1, 0.15) is 86.3 Å². The molecule has 1 saturated heterocycles. The largest absolute Gasteiger partial charge is 0.461 e. The van der Waals surface area contributed by atoms with Crippen molar-refractivity contribution < 1.29 is 38.8 Å². The number of hydrogen-bond acceptors (Lipinski definition) is 9. The average Bonchev–Trinajstić information content (AvgIpc) is 3.09. The molecule has 3 fully saturated rings. The Morgan fingerprint density at radius 1 is 1.00 bits per heavy atom. The van der Waals surface area contributed by atoms with Crippen molar-refractivity contribution in [3.63, 3.8) is 0 Å². The average molecular weight is 688 g/mol. The molecular formula is C41H53NO8. The van der Waals surface area contributed by atoms with E-state index in [-0.39, 0.29) is 30.7 Å². The Morgan fingerprint density at radius 2 is 1.62 bits per heavy atom. The van der Waals surface area contributed by atoms with Crippen LogP contribution in [0.2, 0.25) is 0 Å². The summed E-state index contributed by atoms with van der Waals surface area (Å²) in [4.78, 5) is 41.8. The molecule has 0 unspecified atom stereocenters. The maximum atomic E-state index is 15.1. The summed E-state index contributed by atoms with van der Waals surface area (Å²) >= 11 is 0. The zero-order valence-corrected chi connectivity index (χ0v) is 30.6. The number of hydrogen-bond donors (Lipinski definition) is 3. The molecule has 0 amide bonds. The van der Waals surface area contributed by atoms with Crippen LogP contribution in [0.3, 0.4) is 0 Å². The Labute approximate surface area is 295 Å². The minimum atomic E-state index is -1.58. The summed E-state index contributed by atoms with van der Waals surface area (Å²) in [6, 6.07) is 17.8. The molecule has 50 heavy (non-hydrogen) atoms. The molecule has 2 saturated carbocycles. The van der Waals surface area contributed by atoms with Crippen molar-refractivity contribution in [2.45, 2.75) is 111 Å². The molecule has 9 heteroatoms. The van der Waals surface area contributed by atoms with Gasteiger partial charge in [0.05, 0.1) is 29.8 Å². The second kappa shape index (κ2) is 12.9. The molecule has 3 aliphatic carbocycles. The monoisotopic (exact) mass is 687 g/mol. The van der Waals surface area contributed by atoms with Crippen molar-refractivity contribution in [1.82, 2.24) is 0 Å². The van der Waals surface area contributed by atoms with Gasteiger partial charge in [-0.1, -0.05) is 90.1 Å². The Hall–Kier alpha value is -3.53. The van der Waals surface area contributed by atoms with Crippen LogP contribution >= 0.6 is 0 Å². The zero-order valence-electron chi connectivity index (χ0n) is 30.6. The molecule has 0 aromatic heterocycles. The van der Waals surface area contributed by atoms with Crippen LogP contribution in [0.25, 0.3) is 0 Å². The quantitative estimate of drug-likeness (QED) is 0.219. The van der Waals surface area contributed by atoms with Gasteiger partial charge >= 0.3 is 11.9 Å². The van der Waals surface area contributed by atoms with Gasteiger partial charge in [0.1, 0.15) is 18.0 Å². The summed E-state index contributed by atoms with van der Waals surface area (Å²) in [6.07, 6.45) is -2.74. The Kier molecular flexibility index (Phi) is 9.36. The van der Waals surface area contributed by atoms with E-state index in [0.29, 0.717) is 24.2 Å². The molecule has 1 heterocycles. The van der Waals surface area contributed by atoms with Crippen molar-refractivity contribution in [1.29, 1.82) is 0 Å². The standard InChI is InChI=1S/C41H53NO8/c1-9-31(43)50-30-20-29-39(7,22-48-29)35-25(4)41(47)21-28(23(2)32(38(41,5)6)24(3)36(45)40(30,35)8)49-37(46)34(44)33(26-16-12-10-13-17-26)42-27-18-14-11-15-19-27/h10-19,24-25,28-30,33-35,42,44,47H,9,20-22H2,1-8H3/t24-,25+,28+,29-,30+,33+,34-,35-,39-,40-,41-/m1/s1. The van der Waals surface area contributed by atoms with Gasteiger partial charge in [0.15, 0.2) is 6.10 Å². The Bertz CT molecular complexity index is 1660. The third-order valence-corrected chi connectivity index (χ3v) is 13.2. The van der Waals surface area contributed by atoms with Crippen LogP contribution in [0.15, 0.2) is 71.8 Å². The maximum Gasteiger partial charge on any atom is 0.338 e. The predicted molar refractivity (Wildman–Crippen MR) is 189 cm³/mol. The molecule has 0 radical (unpaired) electrons. The van der Waals surface area contributed by atoms with E-state index in [9.17, 15) is 19.8 Å². The number of anilines is 1. The van der Waals surface area contributed by atoms with Gasteiger partial charge in [0, 0.05) is 41.7 Å². The number of aliphatic hydroxyl groups is 2. The van der Waals surface area contributed by atoms with Crippen LogP contribution in [-0.2, 0) is 28.6 Å². The number of aliphatic hydroxyl groups excluding tert-OH is 1. The minimum absolute atomic E-state index is 0.0532. The number of ether oxygens (including phenoxy) is 3. The number of fused-ring (bicyclic) bond motifs is 5. The third kappa shape index (κ3) is 5.42. The highest BCUT2D eigenvalue weighted by atomic mass is 16.6. The molecule has 270 valence electrons. The Balaban J connectivity index is 1.40. The van der Waals surface area contributed by atoms with Gasteiger partial charge in [0.25, 0.3) is 0 Å². The highest BCUT2D eigenvalue weighted by molar-refractivity contribution is 5.91. The van der Waals surface area contributed by atoms with Crippen LogP contribution < -0.4 is 5.32 Å². The van der Waals surface area contributed by atoms with E-state index in [2.05, 4.69) is 12.2 Å². The van der Waals surface area contributed by atoms with E-state index in [1.165, 1.54) is 0 Å². The first-order valence-electron chi connectivity index (χ1n) is 18.1. The number of benzene rings is 2. The first-order valence-corrected chi connectivity index (χ1v) is 18.1. The van der Waals surface area contributed by atoms with Gasteiger partial charge in [-0.05, 0) is 54.5 Å². The summed E-state index contributed by atoms with van der Waals surface area (Å²) in [7, 11) is 0. The molecule has 2 aromatic carbocycles. The number of esters is 2. The number of carbonyl (C=O) groups excluding carboxylic acids is 3. The molecule has 11 atom stereocenters. The highest BCUT2D eigenvalue weighted by Crippen LogP contribution is 2.68. The lowest BCUT2D eigenvalue weighted by Crippen LogP contribution is -2.74. The molecule has 0 spiro atoms. The summed E-state index contributed by atoms with van der Waals surface area (Å²) in [5, 5.41) is 28.1. The SMILES string of the molecule is CCC(=O)O[C@H]1C[C@H]2OC[C@@]2(C)[C@H]2[C@H](C)[C@]3(O)C[C@H](OC(=O)[C@H](O)[C@@H](Nc4ccccc4)c4ccccc4)C(C)=C([C@@H](C)C(=O)[C@]12C)C3(C)C. The van der Waals surface area contributed by atoms with Gasteiger partial charge in [-0.25, -0.2) is 4.79 Å². The zero-order chi connectivity index (χ0) is 36.4. The summed E-state index contributed by atoms with van der Waals surface area (Å²) < 4.78 is 18.4. The normalized spacial score (nSPS) is 37.1. The highest BCUT2D eigenvalue weighted by Gasteiger charge is 2.73. The topological polar surface area (TPSA) is 131 Å². The third-order valence-electron chi connectivity index (χ3n) is 13.2. The lowest BCUT2D eigenvalue weighted by Gasteiger charge is -2.69. The van der Waals surface area contributed by atoms with Crippen molar-refractivity contribution in [3.05, 3.63) is 77.4 Å².